The van der Waals surface area contributed by atoms with Crippen LogP contribution in [0, 0.1) is 12.7 Å². The quantitative estimate of drug-likeness (QED) is 0.742. The minimum absolute atomic E-state index is 0.196. The molecule has 1 aromatic carbocycles. The van der Waals surface area contributed by atoms with Crippen LogP contribution in [0.4, 0.5) is 10.2 Å². The highest BCUT2D eigenvalue weighted by atomic mass is 19.1. The molecule has 0 atom stereocenters. The lowest BCUT2D eigenvalue weighted by molar-refractivity contribution is 0.0754. The van der Waals surface area contributed by atoms with E-state index in [9.17, 15) is 9.18 Å². The Balaban J connectivity index is 1.73. The minimum atomic E-state index is -0.502. The number of carbonyl (C=O) groups is 1. The van der Waals surface area contributed by atoms with Crippen LogP contribution in [0.3, 0.4) is 0 Å². The predicted octanol–water partition coefficient (Wildman–Crippen LogP) is 2.61. The van der Waals surface area contributed by atoms with E-state index in [1.165, 1.54) is 6.07 Å². The fourth-order valence-corrected chi connectivity index (χ4v) is 3.27. The number of carbonyl (C=O) groups excluding carboxylic acids is 1. The second-order valence-electron chi connectivity index (χ2n) is 7.07. The van der Waals surface area contributed by atoms with E-state index < -0.39 is 5.82 Å². The van der Waals surface area contributed by atoms with Crippen LogP contribution >= 0.6 is 0 Å². The van der Waals surface area contributed by atoms with Crippen LogP contribution in [0.5, 0.6) is 5.75 Å². The van der Waals surface area contributed by atoms with Crippen molar-refractivity contribution in [2.24, 2.45) is 0 Å². The van der Waals surface area contributed by atoms with E-state index in [4.69, 9.17) is 4.74 Å². The van der Waals surface area contributed by atoms with E-state index in [0.29, 0.717) is 37.6 Å². The van der Waals surface area contributed by atoms with Gasteiger partial charge in [0, 0.05) is 26.7 Å². The summed E-state index contributed by atoms with van der Waals surface area (Å²) in [5.74, 6) is 0.656. The molecule has 3 rings (SSSR count). The van der Waals surface area contributed by atoms with Crippen molar-refractivity contribution in [1.29, 1.82) is 0 Å². The molecule has 0 saturated carbocycles. The van der Waals surface area contributed by atoms with Gasteiger partial charge in [0.25, 0.3) is 5.91 Å². The Hall–Kier alpha value is -2.67. The molecule has 0 saturated heterocycles. The van der Waals surface area contributed by atoms with Crippen molar-refractivity contribution in [2.45, 2.75) is 19.9 Å². The molecule has 6 nitrogen and oxygen atoms in total. The summed E-state index contributed by atoms with van der Waals surface area (Å²) in [7, 11) is 3.79. The zero-order valence-electron chi connectivity index (χ0n) is 16.7. The highest BCUT2D eigenvalue weighted by Crippen LogP contribution is 2.25. The summed E-state index contributed by atoms with van der Waals surface area (Å²) in [6, 6.07) is 7.20. The van der Waals surface area contributed by atoms with E-state index in [0.717, 1.165) is 36.0 Å². The van der Waals surface area contributed by atoms with Gasteiger partial charge >= 0.3 is 0 Å². The van der Waals surface area contributed by atoms with Crippen molar-refractivity contribution in [3.63, 3.8) is 0 Å². The molecule has 2 aromatic rings. The van der Waals surface area contributed by atoms with Crippen molar-refractivity contribution < 1.29 is 13.9 Å². The summed E-state index contributed by atoms with van der Waals surface area (Å²) in [5.41, 5.74) is 2.42. The van der Waals surface area contributed by atoms with Gasteiger partial charge in [0.1, 0.15) is 17.4 Å². The normalized spacial score (nSPS) is 14.1. The number of amides is 1. The second kappa shape index (κ2) is 9.01. The fraction of sp³-hybridized carbons (Fsp3) is 0.429. The third-order valence-corrected chi connectivity index (χ3v) is 4.93. The number of nitrogens with one attached hydrogen (secondary N) is 1. The molecule has 1 N–H and O–H groups in total. The lowest BCUT2D eigenvalue weighted by Gasteiger charge is -2.22. The molecule has 1 amide bonds. The van der Waals surface area contributed by atoms with Crippen LogP contribution in [0.2, 0.25) is 0 Å². The van der Waals surface area contributed by atoms with Gasteiger partial charge in [-0.2, -0.15) is 0 Å². The van der Waals surface area contributed by atoms with E-state index in [2.05, 4.69) is 10.3 Å². The number of anilines is 1. The first-order valence-electron chi connectivity index (χ1n) is 9.52. The van der Waals surface area contributed by atoms with Gasteiger partial charge in [-0.1, -0.05) is 6.07 Å². The number of nitrogens with zero attached hydrogens (tertiary/aromatic N) is 3. The topological polar surface area (TPSA) is 57.7 Å². The van der Waals surface area contributed by atoms with Gasteiger partial charge in [0.2, 0.25) is 0 Å². The Kier molecular flexibility index (Phi) is 6.46. The van der Waals surface area contributed by atoms with Crippen LogP contribution in [0.15, 0.2) is 30.5 Å². The molecule has 1 aliphatic rings. The molecule has 0 aliphatic carbocycles. The Labute approximate surface area is 165 Å². The van der Waals surface area contributed by atoms with Crippen molar-refractivity contribution in [3.8, 4) is 5.75 Å². The van der Waals surface area contributed by atoms with E-state index in [1.54, 1.807) is 4.90 Å². The van der Waals surface area contributed by atoms with Crippen molar-refractivity contribution in [1.82, 2.24) is 15.2 Å². The highest BCUT2D eigenvalue weighted by molar-refractivity contribution is 5.99. The Morgan fingerprint density at radius 3 is 2.86 bits per heavy atom. The number of aromatic nitrogens is 1. The fourth-order valence-electron chi connectivity index (χ4n) is 3.27. The summed E-state index contributed by atoms with van der Waals surface area (Å²) in [4.78, 5) is 20.7. The lowest BCUT2D eigenvalue weighted by atomic mass is 10.1. The van der Waals surface area contributed by atoms with Gasteiger partial charge < -0.3 is 19.9 Å². The molecule has 0 unspecified atom stereocenters. The van der Waals surface area contributed by atoms with Crippen LogP contribution < -0.4 is 15.0 Å². The van der Waals surface area contributed by atoms with Gasteiger partial charge in [0.05, 0.1) is 18.4 Å². The maximum atomic E-state index is 13.7. The highest BCUT2D eigenvalue weighted by Gasteiger charge is 2.26. The van der Waals surface area contributed by atoms with Gasteiger partial charge in [-0.15, -0.1) is 0 Å². The first-order chi connectivity index (χ1) is 13.5. The molecule has 0 radical (unpaired) electrons. The molecule has 2 heterocycles. The second-order valence-corrected chi connectivity index (χ2v) is 7.07. The average molecular weight is 386 g/mol. The molecule has 28 heavy (non-hydrogen) atoms. The number of hydrogen-bond acceptors (Lipinski definition) is 5. The van der Waals surface area contributed by atoms with Crippen molar-refractivity contribution in [3.05, 3.63) is 53.0 Å². The Morgan fingerprint density at radius 2 is 2.11 bits per heavy atom. The minimum Gasteiger partial charge on any atom is -0.494 e. The summed E-state index contributed by atoms with van der Waals surface area (Å²) >= 11 is 0. The van der Waals surface area contributed by atoms with Gasteiger partial charge in [-0.05, 0) is 56.3 Å². The molecule has 150 valence electrons. The number of rotatable bonds is 7. The molecule has 1 aromatic heterocycles. The van der Waals surface area contributed by atoms with Crippen molar-refractivity contribution in [2.75, 3.05) is 45.2 Å². The van der Waals surface area contributed by atoms with Crippen LogP contribution in [-0.2, 0) is 6.54 Å². The maximum absolute atomic E-state index is 13.7. The first kappa shape index (κ1) is 20.1. The number of benzene rings is 1. The summed E-state index contributed by atoms with van der Waals surface area (Å²) in [6.07, 6.45) is 2.09. The molecule has 0 fully saturated rings. The van der Waals surface area contributed by atoms with E-state index in [-0.39, 0.29) is 5.91 Å². The van der Waals surface area contributed by atoms with Crippen LogP contribution in [0.1, 0.15) is 27.9 Å². The predicted molar refractivity (Wildman–Crippen MR) is 107 cm³/mol. The molecule has 0 bridgehead atoms. The number of fused-ring (bicyclic) bond motifs is 1. The summed E-state index contributed by atoms with van der Waals surface area (Å²) in [5, 5.41) is 3.09. The largest absolute Gasteiger partial charge is 0.494 e. The van der Waals surface area contributed by atoms with Gasteiger partial charge in [0.15, 0.2) is 0 Å². The van der Waals surface area contributed by atoms with Crippen LogP contribution in [0.25, 0.3) is 0 Å². The molecular formula is C21H27FN4O2. The standard InChI is InChI=1S/C21H27FN4O2/c1-15-11-18(28-10-4-7-23-2)6-5-16(15)14-26-9-8-25(3)20-19(21(26)27)12-17(22)13-24-20/h5-6,11-13,23H,4,7-10,14H2,1-3H3. The third-order valence-electron chi connectivity index (χ3n) is 4.93. The maximum Gasteiger partial charge on any atom is 0.258 e. The Bertz CT molecular complexity index is 843. The van der Waals surface area contributed by atoms with Gasteiger partial charge in [-0.25, -0.2) is 9.37 Å². The monoisotopic (exact) mass is 386 g/mol. The number of ether oxygens (including phenoxy) is 1. The smallest absolute Gasteiger partial charge is 0.258 e. The van der Waals surface area contributed by atoms with Crippen LogP contribution in [-0.4, -0.2) is 56.1 Å². The average Bonchev–Trinajstić information content (AvgIpc) is 2.79. The van der Waals surface area contributed by atoms with Gasteiger partial charge in [-0.3, -0.25) is 4.79 Å². The summed E-state index contributed by atoms with van der Waals surface area (Å²) in [6.45, 7) is 5.25. The third kappa shape index (κ3) is 4.59. The first-order valence-corrected chi connectivity index (χ1v) is 9.52. The molecule has 1 aliphatic heterocycles. The number of hydrogen-bond donors (Lipinski definition) is 1. The number of likely N-dealkylation sites (N-methyl/N-ethyl adjacent to an activating group) is 1. The zero-order valence-corrected chi connectivity index (χ0v) is 16.7. The van der Waals surface area contributed by atoms with Crippen molar-refractivity contribution >= 4 is 11.7 Å². The number of pyridine rings is 1. The zero-order chi connectivity index (χ0) is 20.1. The summed E-state index contributed by atoms with van der Waals surface area (Å²) < 4.78 is 19.4. The lowest BCUT2D eigenvalue weighted by Crippen LogP contribution is -2.33. The van der Waals surface area contributed by atoms with E-state index in [1.807, 2.05) is 44.1 Å². The van der Waals surface area contributed by atoms with E-state index >= 15 is 0 Å². The SMILES string of the molecule is CNCCCOc1ccc(CN2CCN(C)c3ncc(F)cc3C2=O)c(C)c1. The molecule has 7 heteroatoms. The molecule has 0 spiro atoms. The number of halogens is 1. The Morgan fingerprint density at radius 1 is 1.29 bits per heavy atom. The number of aryl methyl sites for hydroxylation is 1. The molecular weight excluding hydrogens is 359 g/mol.